The van der Waals surface area contributed by atoms with Gasteiger partial charge in [-0.1, -0.05) is 23.2 Å². The number of rotatable bonds is 7. The molecule has 26 heavy (non-hydrogen) atoms. The molecule has 0 aromatic heterocycles. The molecular weight excluding hydrogens is 400 g/mol. The normalized spacial score (nSPS) is 10.7. The van der Waals surface area contributed by atoms with Crippen molar-refractivity contribution < 1.29 is 32.2 Å². The Morgan fingerprint density at radius 2 is 1.54 bits per heavy atom. The summed E-state index contributed by atoms with van der Waals surface area (Å²) in [5.41, 5.74) is 3.21. The number of benzene rings is 1. The SMILES string of the molecule is CCOC(=O)C(=CNNc1c(Cl)cc(C(F)(F)F)cc1Cl)C(=O)OCC. The van der Waals surface area contributed by atoms with Crippen molar-refractivity contribution >= 4 is 40.8 Å². The van der Waals surface area contributed by atoms with Gasteiger partial charge in [-0.2, -0.15) is 13.2 Å². The molecule has 0 heterocycles. The first-order chi connectivity index (χ1) is 12.1. The van der Waals surface area contributed by atoms with Crippen LogP contribution < -0.4 is 10.9 Å². The van der Waals surface area contributed by atoms with Gasteiger partial charge in [0.05, 0.1) is 34.5 Å². The quantitative estimate of drug-likeness (QED) is 0.231. The van der Waals surface area contributed by atoms with Gasteiger partial charge in [-0.25, -0.2) is 9.59 Å². The summed E-state index contributed by atoms with van der Waals surface area (Å²) >= 11 is 11.6. The Hall–Kier alpha value is -2.13. The Balaban J connectivity index is 2.99. The molecule has 0 atom stereocenters. The molecule has 2 N–H and O–H groups in total. The highest BCUT2D eigenvalue weighted by molar-refractivity contribution is 6.39. The number of nitrogens with one attached hydrogen (secondary N) is 2. The molecule has 0 bridgehead atoms. The second kappa shape index (κ2) is 9.54. The molecule has 0 radical (unpaired) electrons. The van der Waals surface area contributed by atoms with Gasteiger partial charge in [0.15, 0.2) is 5.57 Å². The number of anilines is 1. The van der Waals surface area contributed by atoms with Crippen LogP contribution in [0, 0.1) is 0 Å². The maximum Gasteiger partial charge on any atom is 0.416 e. The first kappa shape index (κ1) is 21.9. The zero-order valence-electron chi connectivity index (χ0n) is 13.7. The summed E-state index contributed by atoms with van der Waals surface area (Å²) in [7, 11) is 0. The molecule has 0 aliphatic carbocycles. The summed E-state index contributed by atoms with van der Waals surface area (Å²) in [6.07, 6.45) is -3.68. The van der Waals surface area contributed by atoms with Crippen molar-refractivity contribution in [2.75, 3.05) is 18.6 Å². The molecule has 1 rings (SSSR count). The Bertz CT molecular complexity index is 666. The monoisotopic (exact) mass is 414 g/mol. The van der Waals surface area contributed by atoms with Crippen molar-refractivity contribution in [1.29, 1.82) is 0 Å². The van der Waals surface area contributed by atoms with Crippen molar-refractivity contribution in [1.82, 2.24) is 5.43 Å². The summed E-state index contributed by atoms with van der Waals surface area (Å²) in [6, 6.07) is 1.36. The standard InChI is InChI=1S/C15H15Cl2F3N2O4/c1-3-25-13(23)9(14(24)26-4-2)7-21-22-12-10(16)5-8(6-11(12)17)15(18,19)20/h5-7,21-22H,3-4H2,1-2H3. The third-order valence-electron chi connectivity index (χ3n) is 2.77. The number of carbonyl (C=O) groups is 2. The highest BCUT2D eigenvalue weighted by Gasteiger charge is 2.32. The van der Waals surface area contributed by atoms with Gasteiger partial charge in [0.2, 0.25) is 0 Å². The van der Waals surface area contributed by atoms with Crippen molar-refractivity contribution in [3.05, 3.63) is 39.5 Å². The van der Waals surface area contributed by atoms with Crippen LogP contribution in [0.1, 0.15) is 19.4 Å². The van der Waals surface area contributed by atoms with E-state index in [1.54, 1.807) is 13.8 Å². The van der Waals surface area contributed by atoms with Gasteiger partial charge in [-0.3, -0.25) is 5.43 Å². The van der Waals surface area contributed by atoms with Crippen LogP contribution in [0.15, 0.2) is 23.9 Å². The summed E-state index contributed by atoms with van der Waals surface area (Å²) in [4.78, 5) is 23.5. The lowest BCUT2D eigenvalue weighted by Gasteiger charge is -2.14. The Kier molecular flexibility index (Phi) is 8.04. The molecule has 11 heteroatoms. The minimum absolute atomic E-state index is 0.0273. The molecule has 0 amide bonds. The van der Waals surface area contributed by atoms with E-state index < -0.39 is 29.3 Å². The average Bonchev–Trinajstić information content (AvgIpc) is 2.52. The van der Waals surface area contributed by atoms with E-state index in [0.29, 0.717) is 12.1 Å². The summed E-state index contributed by atoms with van der Waals surface area (Å²) in [6.45, 7) is 3.15. The lowest BCUT2D eigenvalue weighted by molar-refractivity contribution is -0.146. The zero-order valence-corrected chi connectivity index (χ0v) is 15.2. The second-order valence-electron chi connectivity index (χ2n) is 4.58. The maximum atomic E-state index is 12.7. The number of alkyl halides is 3. The molecule has 0 saturated heterocycles. The number of halogens is 5. The summed E-state index contributed by atoms with van der Waals surface area (Å²) < 4.78 is 47.5. The summed E-state index contributed by atoms with van der Waals surface area (Å²) in [5.74, 6) is -1.88. The van der Waals surface area contributed by atoms with E-state index in [9.17, 15) is 22.8 Å². The lowest BCUT2D eigenvalue weighted by atomic mass is 10.2. The van der Waals surface area contributed by atoms with Crippen LogP contribution in [0.25, 0.3) is 0 Å². The fourth-order valence-electron chi connectivity index (χ4n) is 1.66. The highest BCUT2D eigenvalue weighted by Crippen LogP contribution is 2.38. The molecule has 0 unspecified atom stereocenters. The topological polar surface area (TPSA) is 76.7 Å². The van der Waals surface area contributed by atoms with Crippen molar-refractivity contribution in [2.24, 2.45) is 0 Å². The smallest absolute Gasteiger partial charge is 0.416 e. The number of hydrogen-bond donors (Lipinski definition) is 2. The van der Waals surface area contributed by atoms with E-state index in [0.717, 1.165) is 6.20 Å². The molecule has 1 aromatic carbocycles. The largest absolute Gasteiger partial charge is 0.462 e. The fourth-order valence-corrected chi connectivity index (χ4v) is 2.24. The molecular formula is C15H15Cl2F3N2O4. The van der Waals surface area contributed by atoms with Crippen LogP contribution >= 0.6 is 23.2 Å². The number of esters is 2. The van der Waals surface area contributed by atoms with E-state index in [-0.39, 0.29) is 28.9 Å². The van der Waals surface area contributed by atoms with Crippen LogP contribution in [-0.2, 0) is 25.2 Å². The van der Waals surface area contributed by atoms with Gasteiger partial charge in [0.1, 0.15) is 0 Å². The number of hydrazine groups is 1. The molecule has 6 nitrogen and oxygen atoms in total. The molecule has 1 aromatic rings. The van der Waals surface area contributed by atoms with Crippen LogP contribution in [0.2, 0.25) is 10.0 Å². The first-order valence-corrected chi connectivity index (χ1v) is 7.99. The van der Waals surface area contributed by atoms with Gasteiger partial charge in [0.25, 0.3) is 0 Å². The summed E-state index contributed by atoms with van der Waals surface area (Å²) in [5, 5.41) is -0.640. The lowest BCUT2D eigenvalue weighted by Crippen LogP contribution is -2.24. The van der Waals surface area contributed by atoms with Crippen LogP contribution in [0.5, 0.6) is 0 Å². The maximum absolute atomic E-state index is 12.7. The van der Waals surface area contributed by atoms with E-state index in [2.05, 4.69) is 10.9 Å². The highest BCUT2D eigenvalue weighted by atomic mass is 35.5. The molecule has 144 valence electrons. The molecule has 0 aliphatic rings. The van der Waals surface area contributed by atoms with Crippen LogP contribution in [0.3, 0.4) is 0 Å². The molecule has 0 spiro atoms. The minimum Gasteiger partial charge on any atom is -0.462 e. The number of carbonyl (C=O) groups excluding carboxylic acids is 2. The van der Waals surface area contributed by atoms with Crippen molar-refractivity contribution in [2.45, 2.75) is 20.0 Å². The number of ether oxygens (including phenoxy) is 2. The third kappa shape index (κ3) is 5.99. The van der Waals surface area contributed by atoms with Gasteiger partial charge >= 0.3 is 18.1 Å². The fraction of sp³-hybridized carbons (Fsp3) is 0.333. The zero-order chi connectivity index (χ0) is 19.9. The van der Waals surface area contributed by atoms with Crippen LogP contribution in [-0.4, -0.2) is 25.2 Å². The van der Waals surface area contributed by atoms with E-state index in [1.807, 2.05) is 0 Å². The predicted octanol–water partition coefficient (Wildman–Crippen LogP) is 3.94. The van der Waals surface area contributed by atoms with Gasteiger partial charge in [-0.05, 0) is 26.0 Å². The van der Waals surface area contributed by atoms with Gasteiger partial charge in [0, 0.05) is 6.20 Å². The van der Waals surface area contributed by atoms with Gasteiger partial charge < -0.3 is 14.9 Å². The number of hydrogen-bond acceptors (Lipinski definition) is 6. The average molecular weight is 415 g/mol. The Labute approximate surface area is 157 Å². The first-order valence-electron chi connectivity index (χ1n) is 7.24. The van der Waals surface area contributed by atoms with E-state index in [4.69, 9.17) is 32.7 Å². The minimum atomic E-state index is -4.61. The molecule has 0 aliphatic heterocycles. The van der Waals surface area contributed by atoms with Crippen molar-refractivity contribution in [3.8, 4) is 0 Å². The third-order valence-corrected chi connectivity index (χ3v) is 3.37. The predicted molar refractivity (Wildman–Crippen MR) is 89.6 cm³/mol. The Morgan fingerprint density at radius 3 is 1.92 bits per heavy atom. The second-order valence-corrected chi connectivity index (χ2v) is 5.40. The molecule has 0 saturated carbocycles. The van der Waals surface area contributed by atoms with Crippen molar-refractivity contribution in [3.63, 3.8) is 0 Å². The Morgan fingerprint density at radius 1 is 1.08 bits per heavy atom. The molecule has 0 fully saturated rings. The van der Waals surface area contributed by atoms with E-state index in [1.165, 1.54) is 0 Å². The van der Waals surface area contributed by atoms with Gasteiger partial charge in [-0.15, -0.1) is 0 Å². The van der Waals surface area contributed by atoms with Crippen LogP contribution in [0.4, 0.5) is 18.9 Å². The van der Waals surface area contributed by atoms with E-state index >= 15 is 0 Å².